The Kier molecular flexibility index (Phi) is 3.80. The number of anilines is 2. The summed E-state index contributed by atoms with van der Waals surface area (Å²) in [4.78, 5) is 10.8. The quantitative estimate of drug-likeness (QED) is 0.647. The maximum Gasteiger partial charge on any atom is 0.497 e. The van der Waals surface area contributed by atoms with E-state index in [9.17, 15) is 4.79 Å². The monoisotopic (exact) mass is 276 g/mol. The molecular weight excluding hydrogens is 255 g/mol. The fourth-order valence-corrected chi connectivity index (χ4v) is 2.16. The number of nitrogens with one attached hydrogen (secondary N) is 2. The molecule has 0 spiro atoms. The molecule has 2 rings (SSSR count). The summed E-state index contributed by atoms with van der Waals surface area (Å²) >= 11 is 0. The minimum atomic E-state index is -0.504. The summed E-state index contributed by atoms with van der Waals surface area (Å²) in [5, 5.41) is 5.78. The molecule has 1 heterocycles. The SMILES string of the molecule is CNc1cccc(B2OC(C)(C)C(C)(C)O2)c1NC=O. The molecule has 0 aromatic heterocycles. The lowest BCUT2D eigenvalue weighted by Crippen LogP contribution is -2.41. The Balaban J connectivity index is 2.42. The molecule has 2 N–H and O–H groups in total. The number of hydrogen-bond donors (Lipinski definition) is 2. The van der Waals surface area contributed by atoms with Gasteiger partial charge in [-0.3, -0.25) is 4.79 Å². The van der Waals surface area contributed by atoms with Gasteiger partial charge in [0, 0.05) is 12.5 Å². The number of hydrogen-bond acceptors (Lipinski definition) is 4. The summed E-state index contributed by atoms with van der Waals surface area (Å²) in [5.74, 6) is 0. The van der Waals surface area contributed by atoms with Crippen molar-refractivity contribution in [2.24, 2.45) is 0 Å². The largest absolute Gasteiger partial charge is 0.497 e. The lowest BCUT2D eigenvalue weighted by Gasteiger charge is -2.32. The Labute approximate surface area is 120 Å². The molecule has 1 saturated heterocycles. The third-order valence-corrected chi connectivity index (χ3v) is 4.08. The number of amides is 1. The molecule has 6 heteroatoms. The molecule has 1 aromatic carbocycles. The number of rotatable bonds is 4. The molecular formula is C14H21BN2O3. The minimum Gasteiger partial charge on any atom is -0.399 e. The summed E-state index contributed by atoms with van der Waals surface area (Å²) < 4.78 is 12.1. The molecule has 1 aromatic rings. The van der Waals surface area contributed by atoms with Crippen LogP contribution in [0, 0.1) is 0 Å². The number of benzene rings is 1. The van der Waals surface area contributed by atoms with Gasteiger partial charge in [-0.25, -0.2) is 0 Å². The van der Waals surface area contributed by atoms with Crippen LogP contribution in [0.15, 0.2) is 18.2 Å². The first-order chi connectivity index (χ1) is 9.32. The zero-order valence-electron chi connectivity index (χ0n) is 12.6. The van der Waals surface area contributed by atoms with Crippen molar-refractivity contribution in [3.05, 3.63) is 18.2 Å². The van der Waals surface area contributed by atoms with Crippen molar-refractivity contribution in [1.29, 1.82) is 0 Å². The van der Waals surface area contributed by atoms with Crippen molar-refractivity contribution >= 4 is 30.4 Å². The van der Waals surface area contributed by atoms with Gasteiger partial charge in [-0.15, -0.1) is 0 Å². The first-order valence-corrected chi connectivity index (χ1v) is 6.69. The molecule has 0 saturated carbocycles. The third-order valence-electron chi connectivity index (χ3n) is 4.08. The van der Waals surface area contributed by atoms with Crippen LogP contribution in [-0.4, -0.2) is 31.8 Å². The van der Waals surface area contributed by atoms with E-state index >= 15 is 0 Å². The van der Waals surface area contributed by atoms with Crippen molar-refractivity contribution in [3.8, 4) is 0 Å². The summed E-state index contributed by atoms with van der Waals surface area (Å²) in [6, 6.07) is 5.69. The van der Waals surface area contributed by atoms with Gasteiger partial charge in [-0.05, 0) is 33.8 Å². The van der Waals surface area contributed by atoms with Gasteiger partial charge in [0.15, 0.2) is 0 Å². The molecule has 1 fully saturated rings. The lowest BCUT2D eigenvalue weighted by atomic mass is 9.77. The van der Waals surface area contributed by atoms with Crippen LogP contribution in [0.2, 0.25) is 0 Å². The van der Waals surface area contributed by atoms with Crippen LogP contribution < -0.4 is 16.1 Å². The van der Waals surface area contributed by atoms with Gasteiger partial charge in [0.1, 0.15) is 0 Å². The fraction of sp³-hybridized carbons (Fsp3) is 0.500. The van der Waals surface area contributed by atoms with E-state index in [2.05, 4.69) is 10.6 Å². The van der Waals surface area contributed by atoms with Crippen LogP contribution in [0.25, 0.3) is 0 Å². The molecule has 108 valence electrons. The van der Waals surface area contributed by atoms with Crippen LogP contribution in [-0.2, 0) is 14.1 Å². The Morgan fingerprint density at radius 3 is 2.25 bits per heavy atom. The van der Waals surface area contributed by atoms with E-state index in [-0.39, 0.29) is 0 Å². The topological polar surface area (TPSA) is 59.6 Å². The molecule has 5 nitrogen and oxygen atoms in total. The van der Waals surface area contributed by atoms with E-state index < -0.39 is 18.3 Å². The van der Waals surface area contributed by atoms with Crippen LogP contribution in [0.5, 0.6) is 0 Å². The first-order valence-electron chi connectivity index (χ1n) is 6.69. The first kappa shape index (κ1) is 14.9. The van der Waals surface area contributed by atoms with Gasteiger partial charge in [0.05, 0.1) is 22.6 Å². The molecule has 1 amide bonds. The Morgan fingerprint density at radius 2 is 1.75 bits per heavy atom. The molecule has 20 heavy (non-hydrogen) atoms. The molecule has 0 unspecified atom stereocenters. The lowest BCUT2D eigenvalue weighted by molar-refractivity contribution is -0.105. The highest BCUT2D eigenvalue weighted by atomic mass is 16.7. The highest BCUT2D eigenvalue weighted by molar-refractivity contribution is 6.64. The number of carbonyl (C=O) groups is 1. The van der Waals surface area contributed by atoms with Crippen LogP contribution in [0.4, 0.5) is 11.4 Å². The molecule has 0 radical (unpaired) electrons. The van der Waals surface area contributed by atoms with Crippen molar-refractivity contribution < 1.29 is 14.1 Å². The second-order valence-electron chi connectivity index (χ2n) is 5.87. The highest BCUT2D eigenvalue weighted by Gasteiger charge is 2.52. The van der Waals surface area contributed by atoms with Gasteiger partial charge in [-0.2, -0.15) is 0 Å². The Bertz CT molecular complexity index is 501. The van der Waals surface area contributed by atoms with E-state index in [1.165, 1.54) is 0 Å². The minimum absolute atomic E-state index is 0.411. The smallest absolute Gasteiger partial charge is 0.399 e. The highest BCUT2D eigenvalue weighted by Crippen LogP contribution is 2.37. The fourth-order valence-electron chi connectivity index (χ4n) is 2.16. The molecule has 0 atom stereocenters. The van der Waals surface area contributed by atoms with E-state index in [1.807, 2.05) is 45.9 Å². The van der Waals surface area contributed by atoms with Gasteiger partial charge < -0.3 is 19.9 Å². The molecule has 0 bridgehead atoms. The normalized spacial score (nSPS) is 19.8. The van der Waals surface area contributed by atoms with E-state index in [0.29, 0.717) is 12.1 Å². The Morgan fingerprint density at radius 1 is 1.15 bits per heavy atom. The third kappa shape index (κ3) is 2.41. The average molecular weight is 276 g/mol. The summed E-state index contributed by atoms with van der Waals surface area (Å²) in [5.41, 5.74) is 1.49. The number of carbonyl (C=O) groups excluding carboxylic acids is 1. The standard InChI is InChI=1S/C14H21BN2O3/c1-13(2)14(3,4)20-15(19-13)10-7-6-8-11(16-5)12(10)17-9-18/h6-9,16H,1-5H3,(H,17,18). The summed E-state index contributed by atoms with van der Waals surface area (Å²) in [6.07, 6.45) is 0.658. The summed E-state index contributed by atoms with van der Waals surface area (Å²) in [7, 11) is 1.30. The maximum atomic E-state index is 10.8. The van der Waals surface area contributed by atoms with Crippen LogP contribution in [0.3, 0.4) is 0 Å². The molecule has 1 aliphatic heterocycles. The van der Waals surface area contributed by atoms with E-state index in [0.717, 1.165) is 11.2 Å². The predicted octanol–water partition coefficient (Wildman–Crippen LogP) is 1.60. The van der Waals surface area contributed by atoms with Crippen LogP contribution >= 0.6 is 0 Å². The Hall–Kier alpha value is -1.53. The second kappa shape index (κ2) is 5.11. The predicted molar refractivity (Wildman–Crippen MR) is 81.4 cm³/mol. The number of para-hydroxylation sites is 1. The summed E-state index contributed by atoms with van der Waals surface area (Å²) in [6.45, 7) is 8.01. The van der Waals surface area contributed by atoms with Crippen molar-refractivity contribution in [3.63, 3.8) is 0 Å². The zero-order valence-corrected chi connectivity index (χ0v) is 12.6. The zero-order chi connectivity index (χ0) is 15.0. The van der Waals surface area contributed by atoms with Crippen molar-refractivity contribution in [1.82, 2.24) is 0 Å². The van der Waals surface area contributed by atoms with Gasteiger partial charge in [-0.1, -0.05) is 12.1 Å². The molecule has 0 aliphatic carbocycles. The van der Waals surface area contributed by atoms with E-state index in [1.54, 1.807) is 7.05 Å². The van der Waals surface area contributed by atoms with Crippen LogP contribution in [0.1, 0.15) is 27.7 Å². The van der Waals surface area contributed by atoms with Gasteiger partial charge in [0.25, 0.3) is 0 Å². The van der Waals surface area contributed by atoms with E-state index in [4.69, 9.17) is 9.31 Å². The van der Waals surface area contributed by atoms with Crippen molar-refractivity contribution in [2.45, 2.75) is 38.9 Å². The average Bonchev–Trinajstić information content (AvgIpc) is 2.59. The maximum absolute atomic E-state index is 10.8. The molecule has 1 aliphatic rings. The second-order valence-corrected chi connectivity index (χ2v) is 5.87. The van der Waals surface area contributed by atoms with Gasteiger partial charge >= 0.3 is 7.12 Å². The van der Waals surface area contributed by atoms with Gasteiger partial charge in [0.2, 0.25) is 6.41 Å². The van der Waals surface area contributed by atoms with Crippen molar-refractivity contribution in [2.75, 3.05) is 17.7 Å².